The Hall–Kier alpha value is -0.610. The number of carbonyl (C=O) groups is 1. The maximum atomic E-state index is 12.0. The van der Waals surface area contributed by atoms with E-state index < -0.39 is 0 Å². The Balaban J connectivity index is 1.88. The fourth-order valence-corrected chi connectivity index (χ4v) is 2.24. The van der Waals surface area contributed by atoms with Crippen LogP contribution in [0.25, 0.3) is 0 Å². The van der Waals surface area contributed by atoms with Gasteiger partial charge in [0, 0.05) is 6.54 Å². The number of nitrogens with one attached hydrogen (secondary N) is 1. The van der Waals surface area contributed by atoms with E-state index in [-0.39, 0.29) is 11.9 Å². The van der Waals surface area contributed by atoms with Gasteiger partial charge < -0.3 is 5.32 Å². The van der Waals surface area contributed by atoms with E-state index in [2.05, 4.69) is 12.2 Å². The Morgan fingerprint density at radius 2 is 2.33 bits per heavy atom. The molecule has 0 aliphatic carbocycles. The van der Waals surface area contributed by atoms with Crippen molar-refractivity contribution in [3.63, 3.8) is 0 Å². The van der Waals surface area contributed by atoms with Crippen LogP contribution in [0.4, 0.5) is 0 Å². The molecule has 2 unspecified atom stereocenters. The molecule has 2 aliphatic rings. The number of piperidine rings is 1. The quantitative estimate of drug-likeness (QED) is 0.703. The zero-order chi connectivity index (χ0) is 10.7. The van der Waals surface area contributed by atoms with E-state index in [0.717, 1.165) is 32.4 Å². The molecule has 2 heterocycles. The van der Waals surface area contributed by atoms with Crippen molar-refractivity contribution < 1.29 is 9.63 Å². The molecule has 4 nitrogen and oxygen atoms in total. The summed E-state index contributed by atoms with van der Waals surface area (Å²) < 4.78 is 0. The third-order valence-corrected chi connectivity index (χ3v) is 3.21. The summed E-state index contributed by atoms with van der Waals surface area (Å²) in [5, 5.41) is 4.83. The lowest BCUT2D eigenvalue weighted by Crippen LogP contribution is -2.51. The maximum Gasteiger partial charge on any atom is 0.263 e. The molecular formula is C11H20N2O2. The van der Waals surface area contributed by atoms with Crippen LogP contribution in [0.15, 0.2) is 0 Å². The van der Waals surface area contributed by atoms with Gasteiger partial charge in [0.15, 0.2) is 0 Å². The Bertz CT molecular complexity index is 227. The van der Waals surface area contributed by atoms with Crippen LogP contribution in [-0.2, 0) is 9.63 Å². The van der Waals surface area contributed by atoms with Crippen LogP contribution in [0.3, 0.4) is 0 Å². The third kappa shape index (κ3) is 2.69. The molecule has 2 atom stereocenters. The van der Waals surface area contributed by atoms with E-state index in [1.807, 2.05) is 0 Å². The first-order chi connectivity index (χ1) is 7.27. The molecule has 15 heavy (non-hydrogen) atoms. The summed E-state index contributed by atoms with van der Waals surface area (Å²) in [5.41, 5.74) is 0. The molecule has 0 aromatic rings. The Labute approximate surface area is 90.9 Å². The summed E-state index contributed by atoms with van der Waals surface area (Å²) in [6, 6.07) is -0.0214. The number of amides is 1. The molecule has 4 heteroatoms. The van der Waals surface area contributed by atoms with Crippen molar-refractivity contribution in [2.75, 3.05) is 19.7 Å². The van der Waals surface area contributed by atoms with E-state index in [9.17, 15) is 4.79 Å². The topological polar surface area (TPSA) is 41.6 Å². The minimum atomic E-state index is -0.0214. The van der Waals surface area contributed by atoms with E-state index in [1.54, 1.807) is 5.06 Å². The van der Waals surface area contributed by atoms with Gasteiger partial charge in [-0.1, -0.05) is 6.92 Å². The van der Waals surface area contributed by atoms with Crippen molar-refractivity contribution in [2.45, 2.75) is 38.6 Å². The van der Waals surface area contributed by atoms with Crippen LogP contribution in [0.5, 0.6) is 0 Å². The van der Waals surface area contributed by atoms with Gasteiger partial charge in [-0.25, -0.2) is 5.06 Å². The standard InChI is InChI=1S/C11H20N2O2/c1-9-4-5-12-10(8-9)11(14)13-6-2-3-7-15-13/h9-10,12H,2-8H2,1H3. The van der Waals surface area contributed by atoms with Crippen molar-refractivity contribution in [1.82, 2.24) is 10.4 Å². The first-order valence-corrected chi connectivity index (χ1v) is 5.95. The summed E-state index contributed by atoms with van der Waals surface area (Å²) in [5.74, 6) is 0.770. The average molecular weight is 212 g/mol. The van der Waals surface area contributed by atoms with Crippen molar-refractivity contribution in [3.8, 4) is 0 Å². The Kier molecular flexibility index (Phi) is 3.59. The smallest absolute Gasteiger partial charge is 0.263 e. The SMILES string of the molecule is CC1CCNC(C(=O)N2CCCCO2)C1. The van der Waals surface area contributed by atoms with Crippen molar-refractivity contribution in [1.29, 1.82) is 0 Å². The fourth-order valence-electron chi connectivity index (χ4n) is 2.24. The summed E-state index contributed by atoms with van der Waals surface area (Å²) in [7, 11) is 0. The highest BCUT2D eigenvalue weighted by Crippen LogP contribution is 2.18. The van der Waals surface area contributed by atoms with Crippen LogP contribution in [-0.4, -0.2) is 36.7 Å². The lowest BCUT2D eigenvalue weighted by molar-refractivity contribution is -0.199. The first-order valence-electron chi connectivity index (χ1n) is 5.95. The maximum absolute atomic E-state index is 12.0. The van der Waals surface area contributed by atoms with Crippen LogP contribution in [0.2, 0.25) is 0 Å². The summed E-state index contributed by atoms with van der Waals surface area (Å²) >= 11 is 0. The lowest BCUT2D eigenvalue weighted by Gasteiger charge is -2.33. The van der Waals surface area contributed by atoms with E-state index in [1.165, 1.54) is 6.42 Å². The number of nitrogens with zero attached hydrogens (tertiary/aromatic N) is 1. The molecule has 1 amide bonds. The van der Waals surface area contributed by atoms with Gasteiger partial charge >= 0.3 is 0 Å². The number of hydrogen-bond donors (Lipinski definition) is 1. The number of rotatable bonds is 1. The molecule has 2 rings (SSSR count). The largest absolute Gasteiger partial charge is 0.306 e. The van der Waals surface area contributed by atoms with E-state index in [0.29, 0.717) is 12.5 Å². The second-order valence-corrected chi connectivity index (χ2v) is 4.62. The normalized spacial score (nSPS) is 32.7. The molecule has 0 spiro atoms. The van der Waals surface area contributed by atoms with Crippen molar-refractivity contribution in [2.24, 2.45) is 5.92 Å². The average Bonchev–Trinajstić information content (AvgIpc) is 2.29. The van der Waals surface area contributed by atoms with Crippen LogP contribution < -0.4 is 5.32 Å². The highest BCUT2D eigenvalue weighted by Gasteiger charge is 2.29. The van der Waals surface area contributed by atoms with Gasteiger partial charge in [0.05, 0.1) is 12.6 Å². The van der Waals surface area contributed by atoms with Crippen LogP contribution in [0, 0.1) is 5.92 Å². The second kappa shape index (κ2) is 4.94. The molecule has 1 N–H and O–H groups in total. The molecule has 86 valence electrons. The number of hydroxylamine groups is 2. The van der Waals surface area contributed by atoms with Gasteiger partial charge in [0.25, 0.3) is 5.91 Å². The zero-order valence-electron chi connectivity index (χ0n) is 9.37. The Morgan fingerprint density at radius 3 is 3.00 bits per heavy atom. The zero-order valence-corrected chi connectivity index (χ0v) is 9.37. The van der Waals surface area contributed by atoms with Gasteiger partial charge in [-0.3, -0.25) is 9.63 Å². The first kappa shape index (κ1) is 10.9. The molecule has 2 saturated heterocycles. The molecule has 2 aliphatic heterocycles. The fraction of sp³-hybridized carbons (Fsp3) is 0.909. The van der Waals surface area contributed by atoms with E-state index in [4.69, 9.17) is 4.84 Å². The van der Waals surface area contributed by atoms with Crippen LogP contribution in [0.1, 0.15) is 32.6 Å². The Morgan fingerprint density at radius 1 is 1.47 bits per heavy atom. The van der Waals surface area contributed by atoms with Gasteiger partial charge in [0.1, 0.15) is 0 Å². The highest BCUT2D eigenvalue weighted by atomic mass is 16.7. The summed E-state index contributed by atoms with van der Waals surface area (Å²) in [4.78, 5) is 17.4. The minimum absolute atomic E-state index is 0.0214. The highest BCUT2D eigenvalue weighted by molar-refractivity contribution is 5.81. The summed E-state index contributed by atoms with van der Waals surface area (Å²) in [6.45, 7) is 4.60. The van der Waals surface area contributed by atoms with Crippen molar-refractivity contribution in [3.05, 3.63) is 0 Å². The number of carbonyl (C=O) groups excluding carboxylic acids is 1. The predicted molar refractivity (Wildman–Crippen MR) is 57.1 cm³/mol. The third-order valence-electron chi connectivity index (χ3n) is 3.21. The predicted octanol–water partition coefficient (Wildman–Crippen LogP) is 0.928. The lowest BCUT2D eigenvalue weighted by atomic mass is 9.94. The van der Waals surface area contributed by atoms with Gasteiger partial charge in [-0.15, -0.1) is 0 Å². The molecule has 0 aromatic carbocycles. The second-order valence-electron chi connectivity index (χ2n) is 4.62. The van der Waals surface area contributed by atoms with Gasteiger partial charge in [-0.2, -0.15) is 0 Å². The monoisotopic (exact) mass is 212 g/mol. The molecule has 0 aromatic heterocycles. The minimum Gasteiger partial charge on any atom is -0.306 e. The molecule has 0 saturated carbocycles. The summed E-state index contributed by atoms with van der Waals surface area (Å²) in [6.07, 6.45) is 4.25. The molecule has 0 radical (unpaired) electrons. The van der Waals surface area contributed by atoms with Gasteiger partial charge in [-0.05, 0) is 38.1 Å². The molecule has 2 fully saturated rings. The van der Waals surface area contributed by atoms with Crippen LogP contribution >= 0.6 is 0 Å². The van der Waals surface area contributed by atoms with E-state index >= 15 is 0 Å². The number of hydrogen-bond acceptors (Lipinski definition) is 3. The molecular weight excluding hydrogens is 192 g/mol. The van der Waals surface area contributed by atoms with Crippen molar-refractivity contribution >= 4 is 5.91 Å². The molecule has 0 bridgehead atoms. The van der Waals surface area contributed by atoms with Gasteiger partial charge in [0.2, 0.25) is 0 Å².